The van der Waals surface area contributed by atoms with Crippen molar-refractivity contribution < 1.29 is 15.6 Å². The summed E-state index contributed by atoms with van der Waals surface area (Å²) in [6, 6.07) is 4.93. The molecule has 0 unspecified atom stereocenters. The Morgan fingerprint density at radius 2 is 2.14 bits per heavy atom. The van der Waals surface area contributed by atoms with E-state index in [0.717, 1.165) is 0 Å². The zero-order valence-electron chi connectivity index (χ0n) is 7.54. The van der Waals surface area contributed by atoms with Crippen molar-refractivity contribution in [3.8, 4) is 5.75 Å². The Bertz CT molecular complexity index is 307. The summed E-state index contributed by atoms with van der Waals surface area (Å²) >= 11 is 11.6. The summed E-state index contributed by atoms with van der Waals surface area (Å²) in [4.78, 5) is 0. The van der Waals surface area contributed by atoms with Gasteiger partial charge in [0.15, 0.2) is 0 Å². The third-order valence-corrected chi connectivity index (χ3v) is 2.21. The van der Waals surface area contributed by atoms with E-state index in [9.17, 15) is 5.11 Å². The van der Waals surface area contributed by atoms with E-state index in [1.54, 1.807) is 18.2 Å². The van der Waals surface area contributed by atoms with E-state index in [-0.39, 0.29) is 6.61 Å². The van der Waals surface area contributed by atoms with Crippen LogP contribution in [0.1, 0.15) is 0 Å². The van der Waals surface area contributed by atoms with E-state index in [4.69, 9.17) is 27.9 Å². The second kappa shape index (κ2) is 5.41. The fourth-order valence-electron chi connectivity index (χ4n) is 0.857. The number of benzene rings is 1. The molecule has 0 saturated carbocycles. The molecule has 1 aromatic rings. The summed E-state index contributed by atoms with van der Waals surface area (Å²) in [5, 5.41) is 10.2. The van der Waals surface area contributed by atoms with E-state index < -0.39 is 6.10 Å². The number of hydrogen-bond acceptors (Lipinski definition) is 2. The minimum atomic E-state index is -0.579. The van der Waals surface area contributed by atoms with Crippen LogP contribution in [0.4, 0.5) is 0 Å². The molecule has 0 aliphatic carbocycles. The van der Waals surface area contributed by atoms with Crippen molar-refractivity contribution in [1.29, 1.82) is 0 Å². The average Bonchev–Trinajstić information content (AvgIpc) is 2.19. The zero-order chi connectivity index (χ0) is 10.6. The van der Waals surface area contributed by atoms with Crippen LogP contribution >= 0.6 is 23.2 Å². The zero-order valence-corrected chi connectivity index (χ0v) is 9.05. The number of ether oxygens (including phenoxy) is 1. The molecule has 0 radical (unpaired) electrons. The van der Waals surface area contributed by atoms with Crippen molar-refractivity contribution in [3.05, 3.63) is 28.2 Å². The second-order valence-electron chi connectivity index (χ2n) is 2.83. The first kappa shape index (κ1) is 11.6. The van der Waals surface area contributed by atoms with Gasteiger partial charge in [-0.2, -0.15) is 0 Å². The van der Waals surface area contributed by atoms with Crippen molar-refractivity contribution in [1.82, 2.24) is 0 Å². The summed E-state index contributed by atoms with van der Waals surface area (Å²) in [5.41, 5.74) is 3.55. The van der Waals surface area contributed by atoms with Crippen LogP contribution in [0.15, 0.2) is 18.2 Å². The molecule has 4 N–H and O–H groups in total. The average molecular weight is 237 g/mol. The fourth-order valence-corrected chi connectivity index (χ4v) is 1.19. The van der Waals surface area contributed by atoms with Gasteiger partial charge in [0, 0.05) is 11.1 Å². The molecule has 1 atom stereocenters. The highest BCUT2D eigenvalue weighted by Crippen LogP contribution is 2.27. The predicted molar refractivity (Wildman–Crippen MR) is 55.7 cm³/mol. The maximum Gasteiger partial charge on any atom is 0.139 e. The molecular formula is C9H12Cl2NO2+. The Morgan fingerprint density at radius 1 is 1.43 bits per heavy atom. The lowest BCUT2D eigenvalue weighted by Crippen LogP contribution is -2.56. The molecule has 0 fully saturated rings. The van der Waals surface area contributed by atoms with Crippen molar-refractivity contribution in [2.75, 3.05) is 13.2 Å². The molecule has 1 aromatic carbocycles. The Labute approximate surface area is 92.4 Å². The fraction of sp³-hybridized carbons (Fsp3) is 0.333. The molecule has 0 aliphatic rings. The largest absolute Gasteiger partial charge is 0.489 e. The number of quaternary nitrogens is 1. The van der Waals surface area contributed by atoms with Crippen molar-refractivity contribution in [3.63, 3.8) is 0 Å². The third-order valence-electron chi connectivity index (χ3n) is 1.66. The van der Waals surface area contributed by atoms with Gasteiger partial charge in [0.05, 0.1) is 5.02 Å². The molecule has 78 valence electrons. The van der Waals surface area contributed by atoms with Crippen LogP contribution in [-0.4, -0.2) is 24.4 Å². The lowest BCUT2D eigenvalue weighted by atomic mass is 10.3. The van der Waals surface area contributed by atoms with E-state index in [1.807, 2.05) is 0 Å². The Kier molecular flexibility index (Phi) is 4.48. The molecule has 0 aliphatic heterocycles. The summed E-state index contributed by atoms with van der Waals surface area (Å²) < 4.78 is 5.26. The number of hydrogen-bond donors (Lipinski definition) is 2. The molecule has 5 heteroatoms. The van der Waals surface area contributed by atoms with Crippen LogP contribution in [0.5, 0.6) is 5.75 Å². The lowest BCUT2D eigenvalue weighted by molar-refractivity contribution is -0.384. The van der Waals surface area contributed by atoms with Crippen LogP contribution in [0.25, 0.3) is 0 Å². The smallest absolute Gasteiger partial charge is 0.139 e. The maximum absolute atomic E-state index is 9.22. The summed E-state index contributed by atoms with van der Waals surface area (Å²) in [6.07, 6.45) is -0.579. The normalized spacial score (nSPS) is 12.6. The monoisotopic (exact) mass is 236 g/mol. The first-order valence-electron chi connectivity index (χ1n) is 4.18. The number of aliphatic hydroxyl groups excluding tert-OH is 1. The van der Waals surface area contributed by atoms with Crippen molar-refractivity contribution in [2.24, 2.45) is 0 Å². The van der Waals surface area contributed by atoms with Gasteiger partial charge in [-0.05, 0) is 12.1 Å². The minimum absolute atomic E-state index is 0.170. The number of halogens is 2. The first-order chi connectivity index (χ1) is 6.63. The van der Waals surface area contributed by atoms with Gasteiger partial charge in [0.1, 0.15) is 25.0 Å². The topological polar surface area (TPSA) is 57.1 Å². The minimum Gasteiger partial charge on any atom is -0.489 e. The molecule has 0 spiro atoms. The highest BCUT2D eigenvalue weighted by Gasteiger charge is 2.07. The summed E-state index contributed by atoms with van der Waals surface area (Å²) in [5.74, 6) is 0.478. The highest BCUT2D eigenvalue weighted by molar-refractivity contribution is 6.34. The Hall–Kier alpha value is -0.480. The number of aliphatic hydroxyl groups is 1. The van der Waals surface area contributed by atoms with Crippen molar-refractivity contribution >= 4 is 23.2 Å². The molecule has 0 bridgehead atoms. The molecule has 0 aromatic heterocycles. The molecule has 0 saturated heterocycles. The molecule has 3 nitrogen and oxygen atoms in total. The second-order valence-corrected chi connectivity index (χ2v) is 3.67. The van der Waals surface area contributed by atoms with Crippen LogP contribution in [-0.2, 0) is 0 Å². The van der Waals surface area contributed by atoms with E-state index in [1.165, 1.54) is 0 Å². The molecule has 0 amide bonds. The molecule has 0 heterocycles. The van der Waals surface area contributed by atoms with Crippen LogP contribution < -0.4 is 10.5 Å². The Balaban J connectivity index is 2.62. The first-order valence-corrected chi connectivity index (χ1v) is 4.94. The summed E-state index contributed by atoms with van der Waals surface area (Å²) in [7, 11) is 0. The van der Waals surface area contributed by atoms with Gasteiger partial charge in [-0.1, -0.05) is 23.2 Å². The lowest BCUT2D eigenvalue weighted by Gasteiger charge is -2.10. The predicted octanol–water partition coefficient (Wildman–Crippen LogP) is 0.975. The third kappa shape index (κ3) is 3.35. The van der Waals surface area contributed by atoms with Crippen LogP contribution in [0, 0.1) is 0 Å². The van der Waals surface area contributed by atoms with Gasteiger partial charge in [0.25, 0.3) is 0 Å². The van der Waals surface area contributed by atoms with E-state index in [2.05, 4.69) is 5.73 Å². The maximum atomic E-state index is 9.22. The van der Waals surface area contributed by atoms with Crippen molar-refractivity contribution in [2.45, 2.75) is 6.10 Å². The standard InChI is InChI=1S/C9H11Cl2NO2/c10-6-1-2-8(11)9(3-6)14-5-7(13)4-12/h1-3,7,13H,4-5,12H2/p+1/t7-/m0/s1. The van der Waals surface area contributed by atoms with Gasteiger partial charge in [-0.15, -0.1) is 0 Å². The molecular weight excluding hydrogens is 225 g/mol. The van der Waals surface area contributed by atoms with Gasteiger partial charge >= 0.3 is 0 Å². The van der Waals surface area contributed by atoms with Gasteiger partial charge in [-0.25, -0.2) is 0 Å². The molecule has 14 heavy (non-hydrogen) atoms. The number of rotatable bonds is 4. The van der Waals surface area contributed by atoms with Gasteiger partial charge in [0.2, 0.25) is 0 Å². The summed E-state index contributed by atoms with van der Waals surface area (Å²) in [6.45, 7) is 0.571. The van der Waals surface area contributed by atoms with E-state index >= 15 is 0 Å². The van der Waals surface area contributed by atoms with Crippen LogP contribution in [0.3, 0.4) is 0 Å². The van der Waals surface area contributed by atoms with Gasteiger partial charge < -0.3 is 15.6 Å². The SMILES string of the molecule is [NH3+]C[C@H](O)COc1cc(Cl)ccc1Cl. The van der Waals surface area contributed by atoms with Crippen LogP contribution in [0.2, 0.25) is 10.0 Å². The van der Waals surface area contributed by atoms with Gasteiger partial charge in [-0.3, -0.25) is 0 Å². The molecule has 1 rings (SSSR count). The quantitative estimate of drug-likeness (QED) is 0.819. The van der Waals surface area contributed by atoms with E-state index in [0.29, 0.717) is 22.3 Å². The Morgan fingerprint density at radius 3 is 2.79 bits per heavy atom. The highest BCUT2D eigenvalue weighted by atomic mass is 35.5.